The van der Waals surface area contributed by atoms with Crippen molar-refractivity contribution in [3.05, 3.63) is 17.7 Å². The summed E-state index contributed by atoms with van der Waals surface area (Å²) >= 11 is 0. The third-order valence-electron chi connectivity index (χ3n) is 4.75. The standard InChI is InChI=1S/C17H29N5O.HI/c1-18-17(20-12-14-6-10-23-11-7-14)19-8-5-15-13-22-9-3-2-4-16(22)21-15;/h13-14H,2-12H2,1H3,(H2,18,19,20);1H. The molecule has 1 aromatic rings. The van der Waals surface area contributed by atoms with Crippen LogP contribution >= 0.6 is 24.0 Å². The number of nitrogens with zero attached hydrogens (tertiary/aromatic N) is 3. The first-order valence-electron chi connectivity index (χ1n) is 8.92. The average Bonchev–Trinajstić information content (AvgIpc) is 3.01. The Morgan fingerprint density at radius 1 is 1.33 bits per heavy atom. The van der Waals surface area contributed by atoms with Crippen LogP contribution in [0.2, 0.25) is 0 Å². The summed E-state index contributed by atoms with van der Waals surface area (Å²) in [6, 6.07) is 0. The van der Waals surface area contributed by atoms with Crippen LogP contribution in [0.3, 0.4) is 0 Å². The van der Waals surface area contributed by atoms with Gasteiger partial charge in [0.15, 0.2) is 5.96 Å². The molecule has 6 nitrogen and oxygen atoms in total. The summed E-state index contributed by atoms with van der Waals surface area (Å²) in [6.45, 7) is 4.75. The quantitative estimate of drug-likeness (QED) is 0.412. The lowest BCUT2D eigenvalue weighted by Crippen LogP contribution is -2.41. The molecule has 0 radical (unpaired) electrons. The van der Waals surface area contributed by atoms with Crippen LogP contribution in [-0.4, -0.2) is 48.9 Å². The van der Waals surface area contributed by atoms with Gasteiger partial charge in [0.1, 0.15) is 5.82 Å². The fraction of sp³-hybridized carbons (Fsp3) is 0.765. The van der Waals surface area contributed by atoms with E-state index < -0.39 is 0 Å². The molecule has 7 heteroatoms. The Morgan fingerprint density at radius 3 is 2.92 bits per heavy atom. The fourth-order valence-corrected chi connectivity index (χ4v) is 3.31. The Bertz CT molecular complexity index is 502. The van der Waals surface area contributed by atoms with Crippen molar-refractivity contribution in [3.8, 4) is 0 Å². The third-order valence-corrected chi connectivity index (χ3v) is 4.75. The summed E-state index contributed by atoms with van der Waals surface area (Å²) in [4.78, 5) is 9.05. The van der Waals surface area contributed by atoms with Gasteiger partial charge in [0.2, 0.25) is 0 Å². The van der Waals surface area contributed by atoms with Gasteiger partial charge in [-0.25, -0.2) is 4.98 Å². The van der Waals surface area contributed by atoms with Gasteiger partial charge in [-0.05, 0) is 31.6 Å². The van der Waals surface area contributed by atoms with Crippen LogP contribution in [0.1, 0.15) is 37.2 Å². The van der Waals surface area contributed by atoms with Crippen molar-refractivity contribution >= 4 is 29.9 Å². The number of nitrogens with one attached hydrogen (secondary N) is 2. The predicted octanol–water partition coefficient (Wildman–Crippen LogP) is 1.97. The Balaban J connectivity index is 0.00000208. The van der Waals surface area contributed by atoms with Crippen LogP contribution in [0.5, 0.6) is 0 Å². The van der Waals surface area contributed by atoms with Crippen molar-refractivity contribution in [2.45, 2.75) is 45.1 Å². The molecule has 24 heavy (non-hydrogen) atoms. The van der Waals surface area contributed by atoms with Crippen molar-refractivity contribution in [2.75, 3.05) is 33.4 Å². The molecule has 3 rings (SSSR count). The molecule has 1 saturated heterocycles. The van der Waals surface area contributed by atoms with Gasteiger partial charge in [0.25, 0.3) is 0 Å². The molecular formula is C17H30IN5O. The molecule has 2 aliphatic rings. The molecule has 0 saturated carbocycles. The number of hydrogen-bond acceptors (Lipinski definition) is 3. The molecule has 0 bridgehead atoms. The Labute approximate surface area is 161 Å². The molecule has 136 valence electrons. The lowest BCUT2D eigenvalue weighted by atomic mass is 10.0. The van der Waals surface area contributed by atoms with E-state index in [0.717, 1.165) is 64.5 Å². The monoisotopic (exact) mass is 447 g/mol. The summed E-state index contributed by atoms with van der Waals surface area (Å²) in [5, 5.41) is 6.83. The van der Waals surface area contributed by atoms with Gasteiger partial charge < -0.3 is 19.9 Å². The highest BCUT2D eigenvalue weighted by molar-refractivity contribution is 14.0. The first-order valence-corrected chi connectivity index (χ1v) is 8.92. The van der Waals surface area contributed by atoms with Crippen LogP contribution in [0.4, 0.5) is 0 Å². The molecule has 0 atom stereocenters. The Kier molecular flexibility index (Phi) is 8.31. The first kappa shape index (κ1) is 19.5. The SMILES string of the molecule is CN=C(NCCc1cn2c(n1)CCCC2)NCC1CCOCC1.I. The molecule has 0 aromatic carbocycles. The number of fused-ring (bicyclic) bond motifs is 1. The van der Waals surface area contributed by atoms with E-state index in [0.29, 0.717) is 5.92 Å². The van der Waals surface area contributed by atoms with Crippen molar-refractivity contribution < 1.29 is 4.74 Å². The van der Waals surface area contributed by atoms with Crippen LogP contribution in [0, 0.1) is 5.92 Å². The maximum Gasteiger partial charge on any atom is 0.190 e. The second-order valence-corrected chi connectivity index (χ2v) is 6.48. The van der Waals surface area contributed by atoms with E-state index in [1.165, 1.54) is 24.4 Å². The first-order chi connectivity index (χ1) is 11.3. The number of halogens is 1. The zero-order chi connectivity index (χ0) is 15.9. The van der Waals surface area contributed by atoms with Gasteiger partial charge in [-0.3, -0.25) is 4.99 Å². The van der Waals surface area contributed by atoms with E-state index in [-0.39, 0.29) is 24.0 Å². The van der Waals surface area contributed by atoms with E-state index in [1.54, 1.807) is 0 Å². The minimum absolute atomic E-state index is 0. The highest BCUT2D eigenvalue weighted by Gasteiger charge is 2.14. The number of rotatable bonds is 5. The molecule has 0 aliphatic carbocycles. The molecule has 0 amide bonds. The van der Waals surface area contributed by atoms with E-state index in [9.17, 15) is 0 Å². The molecule has 2 N–H and O–H groups in total. The maximum absolute atomic E-state index is 5.40. The molecule has 1 fully saturated rings. The average molecular weight is 447 g/mol. The second-order valence-electron chi connectivity index (χ2n) is 6.48. The van der Waals surface area contributed by atoms with Gasteiger partial charge in [-0.2, -0.15) is 0 Å². The number of guanidine groups is 1. The van der Waals surface area contributed by atoms with E-state index in [2.05, 4.69) is 26.4 Å². The van der Waals surface area contributed by atoms with Crippen LogP contribution in [-0.2, 0) is 24.1 Å². The van der Waals surface area contributed by atoms with E-state index >= 15 is 0 Å². The summed E-state index contributed by atoms with van der Waals surface area (Å²) < 4.78 is 7.72. The highest BCUT2D eigenvalue weighted by atomic mass is 127. The van der Waals surface area contributed by atoms with Crippen molar-refractivity contribution in [1.29, 1.82) is 0 Å². The van der Waals surface area contributed by atoms with Gasteiger partial charge in [-0.1, -0.05) is 0 Å². The Morgan fingerprint density at radius 2 is 2.17 bits per heavy atom. The second kappa shape index (κ2) is 10.2. The highest BCUT2D eigenvalue weighted by Crippen LogP contribution is 2.15. The summed E-state index contributed by atoms with van der Waals surface area (Å²) in [5.74, 6) is 2.84. The van der Waals surface area contributed by atoms with E-state index in [4.69, 9.17) is 9.72 Å². The molecule has 2 aliphatic heterocycles. The van der Waals surface area contributed by atoms with Crippen molar-refractivity contribution in [1.82, 2.24) is 20.2 Å². The van der Waals surface area contributed by atoms with Crippen molar-refractivity contribution in [2.24, 2.45) is 10.9 Å². The number of aromatic nitrogens is 2. The summed E-state index contributed by atoms with van der Waals surface area (Å²) in [5.41, 5.74) is 1.19. The zero-order valence-corrected chi connectivity index (χ0v) is 16.9. The summed E-state index contributed by atoms with van der Waals surface area (Å²) in [7, 11) is 1.83. The smallest absolute Gasteiger partial charge is 0.190 e. The van der Waals surface area contributed by atoms with Crippen molar-refractivity contribution in [3.63, 3.8) is 0 Å². The maximum atomic E-state index is 5.40. The van der Waals surface area contributed by atoms with Gasteiger partial charge in [-0.15, -0.1) is 24.0 Å². The van der Waals surface area contributed by atoms with E-state index in [1.807, 2.05) is 7.05 Å². The fourth-order valence-electron chi connectivity index (χ4n) is 3.31. The summed E-state index contributed by atoms with van der Waals surface area (Å²) in [6.07, 6.45) is 9.13. The zero-order valence-electron chi connectivity index (χ0n) is 14.6. The largest absolute Gasteiger partial charge is 0.381 e. The van der Waals surface area contributed by atoms with Gasteiger partial charge in [0, 0.05) is 58.9 Å². The normalized spacial score (nSPS) is 18.6. The van der Waals surface area contributed by atoms with Crippen LogP contribution in [0.15, 0.2) is 11.2 Å². The van der Waals surface area contributed by atoms with Gasteiger partial charge >= 0.3 is 0 Å². The topological polar surface area (TPSA) is 63.5 Å². The number of aryl methyl sites for hydroxylation is 2. The van der Waals surface area contributed by atoms with Crippen LogP contribution in [0.25, 0.3) is 0 Å². The number of hydrogen-bond donors (Lipinski definition) is 2. The lowest BCUT2D eigenvalue weighted by Gasteiger charge is -2.23. The van der Waals surface area contributed by atoms with Crippen LogP contribution < -0.4 is 10.6 Å². The van der Waals surface area contributed by atoms with Gasteiger partial charge in [0.05, 0.1) is 5.69 Å². The molecule has 0 unspecified atom stereocenters. The predicted molar refractivity (Wildman–Crippen MR) is 107 cm³/mol. The molecular weight excluding hydrogens is 417 g/mol. The number of imidazole rings is 1. The molecule has 3 heterocycles. The minimum Gasteiger partial charge on any atom is -0.381 e. The minimum atomic E-state index is 0. The molecule has 0 spiro atoms. The molecule has 1 aromatic heterocycles. The number of ether oxygens (including phenoxy) is 1. The Hall–Kier alpha value is -0.830. The lowest BCUT2D eigenvalue weighted by molar-refractivity contribution is 0.0675. The third kappa shape index (κ3) is 5.61. The number of aliphatic imine (C=N–C) groups is 1.